The second-order valence-corrected chi connectivity index (χ2v) is 7.47. The Morgan fingerprint density at radius 1 is 0.633 bits per heavy atom. The van der Waals surface area contributed by atoms with Crippen LogP contribution in [0.1, 0.15) is 16.7 Å². The molecule has 0 heterocycles. The van der Waals surface area contributed by atoms with Crippen LogP contribution in [0.15, 0.2) is 84.9 Å². The fourth-order valence-electron chi connectivity index (χ4n) is 4.25. The van der Waals surface area contributed by atoms with Crippen molar-refractivity contribution in [2.45, 2.75) is 12.6 Å². The molecule has 1 nitrogen and oxygen atoms in total. The molecule has 1 N–H and O–H groups in total. The summed E-state index contributed by atoms with van der Waals surface area (Å²) in [6, 6.07) is 24.5. The molecule has 0 fully saturated rings. The molecule has 0 bridgehead atoms. The molecule has 5 rings (SSSR count). The third kappa shape index (κ3) is 3.05. The van der Waals surface area contributed by atoms with Crippen LogP contribution in [0.2, 0.25) is 0 Å². The van der Waals surface area contributed by atoms with Crippen LogP contribution in [-0.4, -0.2) is 5.11 Å². The van der Waals surface area contributed by atoms with Gasteiger partial charge in [-0.2, -0.15) is 13.2 Å². The molecule has 4 heteroatoms. The summed E-state index contributed by atoms with van der Waals surface area (Å²) in [7, 11) is 0. The minimum absolute atomic E-state index is 0.0736. The number of rotatable bonds is 2. The highest BCUT2D eigenvalue weighted by Gasteiger charge is 2.30. The number of aromatic hydroxyl groups is 1. The Morgan fingerprint density at radius 2 is 1.30 bits per heavy atom. The Labute approximate surface area is 172 Å². The Bertz CT molecular complexity index is 1250. The van der Waals surface area contributed by atoms with Gasteiger partial charge in [-0.1, -0.05) is 60.7 Å². The highest BCUT2D eigenvalue weighted by Crippen LogP contribution is 2.44. The molecule has 0 aromatic heterocycles. The third-order valence-corrected chi connectivity index (χ3v) is 5.67. The molecule has 0 atom stereocenters. The standard InChI is InChI=1S/C26H17F3O/c27-26(28,29)18-10-8-16(9-11-18)24-15-19(30)12-13-23(24)22-7-3-6-21-20-5-2-1-4-17(20)14-25(21)22/h1-13,15,30H,14H2. The molecule has 0 amide bonds. The first-order valence-corrected chi connectivity index (χ1v) is 9.63. The van der Waals surface area contributed by atoms with Gasteiger partial charge in [-0.05, 0) is 75.2 Å². The van der Waals surface area contributed by atoms with Gasteiger partial charge >= 0.3 is 6.18 Å². The van der Waals surface area contributed by atoms with Gasteiger partial charge in [0, 0.05) is 0 Å². The predicted octanol–water partition coefficient (Wildman–Crippen LogP) is 7.32. The zero-order valence-electron chi connectivity index (χ0n) is 15.9. The van der Waals surface area contributed by atoms with Crippen molar-refractivity contribution in [1.29, 1.82) is 0 Å². The van der Waals surface area contributed by atoms with Gasteiger partial charge in [0.2, 0.25) is 0 Å². The summed E-state index contributed by atoms with van der Waals surface area (Å²) in [6.07, 6.45) is -3.58. The average molecular weight is 402 g/mol. The quantitative estimate of drug-likeness (QED) is 0.328. The van der Waals surface area contributed by atoms with E-state index in [-0.39, 0.29) is 5.75 Å². The molecule has 0 aliphatic heterocycles. The number of alkyl halides is 3. The maximum Gasteiger partial charge on any atom is 0.416 e. The van der Waals surface area contributed by atoms with E-state index in [2.05, 4.69) is 18.2 Å². The topological polar surface area (TPSA) is 20.2 Å². The Hall–Kier alpha value is -3.53. The van der Waals surface area contributed by atoms with Crippen LogP contribution < -0.4 is 0 Å². The molecule has 148 valence electrons. The molecule has 0 saturated carbocycles. The molecule has 4 aromatic rings. The molecule has 1 aliphatic rings. The number of phenolic OH excluding ortho intramolecular Hbond substituents is 1. The third-order valence-electron chi connectivity index (χ3n) is 5.67. The van der Waals surface area contributed by atoms with E-state index in [4.69, 9.17) is 0 Å². The van der Waals surface area contributed by atoms with Crippen molar-refractivity contribution in [2.24, 2.45) is 0 Å². The van der Waals surface area contributed by atoms with Crippen LogP contribution in [0.25, 0.3) is 33.4 Å². The van der Waals surface area contributed by atoms with Crippen LogP contribution in [0.3, 0.4) is 0 Å². The molecule has 30 heavy (non-hydrogen) atoms. The Morgan fingerprint density at radius 3 is 2.03 bits per heavy atom. The van der Waals surface area contributed by atoms with E-state index in [9.17, 15) is 18.3 Å². The summed E-state index contributed by atoms with van der Waals surface area (Å²) in [6.45, 7) is 0. The minimum Gasteiger partial charge on any atom is -0.508 e. The van der Waals surface area contributed by atoms with Gasteiger partial charge in [0.05, 0.1) is 5.56 Å². The molecular formula is C26H17F3O. The van der Waals surface area contributed by atoms with Crippen molar-refractivity contribution in [3.63, 3.8) is 0 Å². The van der Waals surface area contributed by atoms with Crippen LogP contribution in [0.4, 0.5) is 13.2 Å². The number of hydrogen-bond acceptors (Lipinski definition) is 1. The molecule has 0 saturated heterocycles. The maximum atomic E-state index is 13.0. The highest BCUT2D eigenvalue weighted by atomic mass is 19.4. The lowest BCUT2D eigenvalue weighted by atomic mass is 9.89. The molecule has 0 radical (unpaired) electrons. The molecule has 0 spiro atoms. The lowest BCUT2D eigenvalue weighted by molar-refractivity contribution is -0.137. The van der Waals surface area contributed by atoms with E-state index in [0.29, 0.717) is 11.1 Å². The van der Waals surface area contributed by atoms with E-state index in [1.54, 1.807) is 12.1 Å². The van der Waals surface area contributed by atoms with Crippen molar-refractivity contribution >= 4 is 0 Å². The summed E-state index contributed by atoms with van der Waals surface area (Å²) in [5.74, 6) is 0.0736. The average Bonchev–Trinajstić information content (AvgIpc) is 3.12. The number of phenols is 1. The monoisotopic (exact) mass is 402 g/mol. The van der Waals surface area contributed by atoms with Crippen molar-refractivity contribution < 1.29 is 18.3 Å². The summed E-state index contributed by atoms with van der Waals surface area (Å²) in [5, 5.41) is 10.1. The van der Waals surface area contributed by atoms with Gasteiger partial charge < -0.3 is 5.11 Å². The first-order chi connectivity index (χ1) is 14.4. The molecular weight excluding hydrogens is 385 g/mol. The second kappa shape index (κ2) is 6.77. The highest BCUT2D eigenvalue weighted by molar-refractivity contribution is 5.91. The number of benzene rings is 4. The molecule has 4 aromatic carbocycles. The fraction of sp³-hybridized carbons (Fsp3) is 0.0769. The Kier molecular flexibility index (Phi) is 4.17. The van der Waals surface area contributed by atoms with Crippen molar-refractivity contribution in [2.75, 3.05) is 0 Å². The summed E-state index contributed by atoms with van der Waals surface area (Å²) in [4.78, 5) is 0. The predicted molar refractivity (Wildman–Crippen MR) is 112 cm³/mol. The lowest BCUT2D eigenvalue weighted by Crippen LogP contribution is -2.04. The first-order valence-electron chi connectivity index (χ1n) is 9.63. The largest absolute Gasteiger partial charge is 0.508 e. The summed E-state index contributed by atoms with van der Waals surface area (Å²) in [5.41, 5.74) is 7.39. The number of fused-ring (bicyclic) bond motifs is 3. The van der Waals surface area contributed by atoms with Gasteiger partial charge in [0.25, 0.3) is 0 Å². The SMILES string of the molecule is Oc1ccc(-c2cccc3c2Cc2ccccc2-3)c(-c2ccc(C(F)(F)F)cc2)c1. The lowest BCUT2D eigenvalue weighted by Gasteiger charge is -2.15. The van der Waals surface area contributed by atoms with Crippen molar-refractivity contribution in [3.8, 4) is 39.1 Å². The van der Waals surface area contributed by atoms with Gasteiger partial charge in [-0.25, -0.2) is 0 Å². The van der Waals surface area contributed by atoms with Crippen molar-refractivity contribution in [3.05, 3.63) is 102 Å². The van der Waals surface area contributed by atoms with E-state index >= 15 is 0 Å². The van der Waals surface area contributed by atoms with Gasteiger partial charge in [0.15, 0.2) is 0 Å². The summed E-state index contributed by atoms with van der Waals surface area (Å²) >= 11 is 0. The smallest absolute Gasteiger partial charge is 0.416 e. The van der Waals surface area contributed by atoms with Gasteiger partial charge in [-0.15, -0.1) is 0 Å². The zero-order valence-corrected chi connectivity index (χ0v) is 15.9. The number of hydrogen-bond donors (Lipinski definition) is 1. The maximum absolute atomic E-state index is 13.0. The first kappa shape index (κ1) is 18.5. The van der Waals surface area contributed by atoms with Crippen LogP contribution in [0.5, 0.6) is 5.75 Å². The van der Waals surface area contributed by atoms with E-state index < -0.39 is 11.7 Å². The minimum atomic E-state index is -4.38. The van der Waals surface area contributed by atoms with Crippen LogP contribution in [0, 0.1) is 0 Å². The summed E-state index contributed by atoms with van der Waals surface area (Å²) < 4.78 is 38.9. The van der Waals surface area contributed by atoms with E-state index in [0.717, 1.165) is 29.7 Å². The number of halogens is 3. The van der Waals surface area contributed by atoms with Gasteiger partial charge in [0.1, 0.15) is 5.75 Å². The van der Waals surface area contributed by atoms with E-state index in [1.807, 2.05) is 30.3 Å². The van der Waals surface area contributed by atoms with Crippen LogP contribution in [-0.2, 0) is 12.6 Å². The van der Waals surface area contributed by atoms with E-state index in [1.165, 1.54) is 34.4 Å². The van der Waals surface area contributed by atoms with Crippen molar-refractivity contribution in [1.82, 2.24) is 0 Å². The normalized spacial score (nSPS) is 12.5. The zero-order chi connectivity index (χ0) is 20.9. The molecule has 0 unspecified atom stereocenters. The second-order valence-electron chi connectivity index (χ2n) is 7.47. The molecule has 1 aliphatic carbocycles. The Balaban J connectivity index is 1.66. The fourth-order valence-corrected chi connectivity index (χ4v) is 4.25. The van der Waals surface area contributed by atoms with Crippen LogP contribution >= 0.6 is 0 Å². The van der Waals surface area contributed by atoms with Gasteiger partial charge in [-0.3, -0.25) is 0 Å².